The van der Waals surface area contributed by atoms with Crippen molar-refractivity contribution in [2.45, 2.75) is 18.7 Å². The van der Waals surface area contributed by atoms with Gasteiger partial charge in [-0.3, -0.25) is 0 Å². The smallest absolute Gasteiger partial charge is 0.336 e. The lowest BCUT2D eigenvalue weighted by Crippen LogP contribution is -2.09. The highest BCUT2D eigenvalue weighted by Gasteiger charge is 2.11. The van der Waals surface area contributed by atoms with Gasteiger partial charge in [-0.15, -0.1) is 3.89 Å². The molecule has 21 heavy (non-hydrogen) atoms. The van der Waals surface area contributed by atoms with Crippen LogP contribution in [0.5, 0.6) is 0 Å². The van der Waals surface area contributed by atoms with Crippen LogP contribution in [0.4, 0.5) is 9.57 Å². The van der Waals surface area contributed by atoms with Crippen LogP contribution in [-0.2, 0) is 24.5 Å². The number of hydrogen-bond acceptors (Lipinski definition) is 6. The van der Waals surface area contributed by atoms with Crippen molar-refractivity contribution in [2.24, 2.45) is 0 Å². The molecule has 6 nitrogen and oxygen atoms in total. The lowest BCUT2D eigenvalue weighted by Gasteiger charge is -2.11. The molecule has 0 atom stereocenters. The molecule has 0 aromatic heterocycles. The lowest BCUT2D eigenvalue weighted by atomic mass is 10.3. The molecule has 8 heteroatoms. The van der Waals surface area contributed by atoms with Crippen LogP contribution >= 0.6 is 0 Å². The van der Waals surface area contributed by atoms with Crippen molar-refractivity contribution >= 4 is 21.9 Å². The first kappa shape index (κ1) is 17.0. The molecule has 0 spiro atoms. The Kier molecular flexibility index (Phi) is 6.16. The number of esters is 1. The maximum atomic E-state index is 12.7. The molecule has 1 aromatic carbocycles. The molecule has 0 bridgehead atoms. The Hall–Kier alpha value is -2.09. The van der Waals surface area contributed by atoms with Gasteiger partial charge in [-0.05, 0) is 38.1 Å². The molecule has 1 rings (SSSR count). The van der Waals surface area contributed by atoms with E-state index in [1.54, 1.807) is 13.8 Å². The van der Waals surface area contributed by atoms with Gasteiger partial charge in [-0.1, -0.05) is 0 Å². The number of ether oxygens (including phenoxy) is 2. The minimum Gasteiger partial charge on any atom is -0.479 e. The minimum absolute atomic E-state index is 0.145. The van der Waals surface area contributed by atoms with E-state index in [2.05, 4.69) is 5.32 Å². The molecular weight excluding hydrogens is 301 g/mol. The molecule has 0 radical (unpaired) electrons. The number of carbonyl (C=O) groups excluding carboxylic acids is 1. The molecule has 116 valence electrons. The number of rotatable bonds is 7. The zero-order chi connectivity index (χ0) is 15.9. The highest BCUT2D eigenvalue weighted by atomic mass is 32.3. The van der Waals surface area contributed by atoms with Gasteiger partial charge in [0.05, 0.1) is 24.2 Å². The molecule has 0 fully saturated rings. The lowest BCUT2D eigenvalue weighted by molar-refractivity contribution is -0.137. The van der Waals surface area contributed by atoms with Crippen molar-refractivity contribution in [3.05, 3.63) is 36.2 Å². The Morgan fingerprint density at radius 1 is 1.19 bits per heavy atom. The number of carbonyl (C=O) groups is 1. The predicted octanol–water partition coefficient (Wildman–Crippen LogP) is 2.20. The third-order valence-electron chi connectivity index (χ3n) is 2.24. The van der Waals surface area contributed by atoms with Crippen LogP contribution < -0.4 is 5.32 Å². The Morgan fingerprint density at radius 2 is 1.76 bits per heavy atom. The first-order valence-electron chi connectivity index (χ1n) is 6.19. The predicted molar refractivity (Wildman–Crippen MR) is 74.7 cm³/mol. The van der Waals surface area contributed by atoms with Crippen molar-refractivity contribution in [1.29, 1.82) is 0 Å². The second-order valence-corrected chi connectivity index (χ2v) is 5.13. The first-order valence-corrected chi connectivity index (χ1v) is 7.58. The average Bonchev–Trinajstić information content (AvgIpc) is 2.38. The highest BCUT2D eigenvalue weighted by Crippen LogP contribution is 2.17. The Bertz CT molecular complexity index is 610. The third-order valence-corrected chi connectivity index (χ3v) is 3.07. The molecule has 0 saturated carbocycles. The molecule has 0 amide bonds. The van der Waals surface area contributed by atoms with Gasteiger partial charge < -0.3 is 14.8 Å². The topological polar surface area (TPSA) is 81.7 Å². The van der Waals surface area contributed by atoms with Gasteiger partial charge in [0.25, 0.3) is 0 Å². The van der Waals surface area contributed by atoms with Crippen LogP contribution in [0.25, 0.3) is 0 Å². The van der Waals surface area contributed by atoms with E-state index < -0.39 is 21.1 Å². The Labute approximate surface area is 122 Å². The molecule has 0 aliphatic heterocycles. The Balaban J connectivity index is 2.87. The average molecular weight is 317 g/mol. The number of nitrogens with one attached hydrogen (secondary N) is 1. The summed E-state index contributed by atoms with van der Waals surface area (Å²) < 4.78 is 44.1. The maximum Gasteiger partial charge on any atom is 0.336 e. The summed E-state index contributed by atoms with van der Waals surface area (Å²) in [5, 5.41) is 2.77. The fourth-order valence-corrected chi connectivity index (χ4v) is 1.86. The van der Waals surface area contributed by atoms with Crippen LogP contribution in [0.1, 0.15) is 13.8 Å². The quantitative estimate of drug-likeness (QED) is 0.359. The molecule has 0 unspecified atom stereocenters. The molecule has 0 aliphatic carbocycles. The summed E-state index contributed by atoms with van der Waals surface area (Å²) >= 11 is 0. The molecule has 0 saturated heterocycles. The first-order chi connectivity index (χ1) is 9.86. The van der Waals surface area contributed by atoms with Gasteiger partial charge in [0, 0.05) is 5.69 Å². The van der Waals surface area contributed by atoms with E-state index in [9.17, 15) is 17.1 Å². The monoisotopic (exact) mass is 317 g/mol. The summed E-state index contributed by atoms with van der Waals surface area (Å²) in [6.07, 6.45) is 1.13. The zero-order valence-electron chi connectivity index (χ0n) is 11.6. The van der Waals surface area contributed by atoms with E-state index >= 15 is 0 Å². The van der Waals surface area contributed by atoms with Gasteiger partial charge in [0.2, 0.25) is 0 Å². The van der Waals surface area contributed by atoms with E-state index in [4.69, 9.17) is 9.47 Å². The second-order valence-electron chi connectivity index (χ2n) is 3.78. The third kappa shape index (κ3) is 5.82. The fourth-order valence-electron chi connectivity index (χ4n) is 1.40. The van der Waals surface area contributed by atoms with Crippen LogP contribution in [0, 0.1) is 0 Å². The minimum atomic E-state index is -4.73. The van der Waals surface area contributed by atoms with Gasteiger partial charge >= 0.3 is 16.2 Å². The summed E-state index contributed by atoms with van der Waals surface area (Å²) in [6.45, 7) is 3.96. The van der Waals surface area contributed by atoms with Gasteiger partial charge in [0.1, 0.15) is 0 Å². The SMILES string of the molecule is CCOC(=O)/C=C(\Nc1ccc(S(=O)(=O)F)cc1)OCC. The van der Waals surface area contributed by atoms with E-state index in [-0.39, 0.29) is 12.5 Å². The van der Waals surface area contributed by atoms with E-state index in [1.165, 1.54) is 12.1 Å². The van der Waals surface area contributed by atoms with Crippen molar-refractivity contribution in [1.82, 2.24) is 0 Å². The highest BCUT2D eigenvalue weighted by molar-refractivity contribution is 7.86. The van der Waals surface area contributed by atoms with Crippen molar-refractivity contribution in [2.75, 3.05) is 18.5 Å². The van der Waals surface area contributed by atoms with Crippen molar-refractivity contribution in [3.63, 3.8) is 0 Å². The molecular formula is C13H16FNO5S. The van der Waals surface area contributed by atoms with E-state index in [0.29, 0.717) is 12.3 Å². The summed E-state index contributed by atoms with van der Waals surface area (Å²) in [5.74, 6) is -0.428. The summed E-state index contributed by atoms with van der Waals surface area (Å²) in [6, 6.07) is 4.91. The maximum absolute atomic E-state index is 12.7. The van der Waals surface area contributed by atoms with Crippen molar-refractivity contribution in [3.8, 4) is 0 Å². The van der Waals surface area contributed by atoms with Crippen LogP contribution in [0.3, 0.4) is 0 Å². The number of benzene rings is 1. The van der Waals surface area contributed by atoms with Gasteiger partial charge in [0.15, 0.2) is 5.88 Å². The zero-order valence-corrected chi connectivity index (χ0v) is 12.4. The van der Waals surface area contributed by atoms with Crippen molar-refractivity contribution < 1.29 is 26.6 Å². The van der Waals surface area contributed by atoms with Gasteiger partial charge in [-0.25, -0.2) is 4.79 Å². The second kappa shape index (κ2) is 7.63. The summed E-state index contributed by atoms with van der Waals surface area (Å²) in [5.41, 5.74) is 0.436. The van der Waals surface area contributed by atoms with Crippen LogP contribution in [-0.4, -0.2) is 27.6 Å². The molecule has 1 aromatic rings. The largest absolute Gasteiger partial charge is 0.479 e. The fraction of sp³-hybridized carbons (Fsp3) is 0.308. The normalized spacial score (nSPS) is 11.9. The number of hydrogen-bond donors (Lipinski definition) is 1. The van der Waals surface area contributed by atoms with Gasteiger partial charge in [-0.2, -0.15) is 8.42 Å². The number of halogens is 1. The number of anilines is 1. The molecule has 0 heterocycles. The summed E-state index contributed by atoms with van der Waals surface area (Å²) in [7, 11) is -4.73. The standard InChI is InChI=1S/C13H16FNO5S/c1-3-19-12(9-13(16)20-4-2)15-10-5-7-11(8-6-10)21(14,17)18/h5-9,15H,3-4H2,1-2H3/b12-9+. The molecule has 0 aliphatic rings. The van der Waals surface area contributed by atoms with Crippen LogP contribution in [0.2, 0.25) is 0 Å². The van der Waals surface area contributed by atoms with E-state index in [1.807, 2.05) is 0 Å². The Morgan fingerprint density at radius 3 is 2.24 bits per heavy atom. The summed E-state index contributed by atoms with van der Waals surface area (Å²) in [4.78, 5) is 10.9. The van der Waals surface area contributed by atoms with E-state index in [0.717, 1.165) is 18.2 Å². The van der Waals surface area contributed by atoms with Crippen LogP contribution in [0.15, 0.2) is 41.1 Å². The molecule has 1 N–H and O–H groups in total.